The van der Waals surface area contributed by atoms with Gasteiger partial charge in [-0.1, -0.05) is 18.6 Å². The maximum Gasteiger partial charge on any atom is 0.240 e. The summed E-state index contributed by atoms with van der Waals surface area (Å²) in [5.41, 5.74) is 1.26. The molecule has 0 amide bonds. The van der Waals surface area contributed by atoms with Crippen LogP contribution in [0.1, 0.15) is 24.8 Å². The average Bonchev–Trinajstić information content (AvgIpc) is 2.65. The number of hydrogen-bond donors (Lipinski definition) is 1. The second kappa shape index (κ2) is 9.44. The lowest BCUT2D eigenvalue weighted by atomic mass is 10.1. The summed E-state index contributed by atoms with van der Waals surface area (Å²) >= 11 is 0. The molecule has 0 spiro atoms. The van der Waals surface area contributed by atoms with Crippen LogP contribution in [0.25, 0.3) is 0 Å². The van der Waals surface area contributed by atoms with E-state index in [1.54, 1.807) is 38.5 Å². The molecule has 0 heterocycles. The first-order valence-electron chi connectivity index (χ1n) is 8.32. The van der Waals surface area contributed by atoms with E-state index in [1.165, 1.54) is 5.56 Å². The van der Waals surface area contributed by atoms with E-state index < -0.39 is 10.0 Å². The van der Waals surface area contributed by atoms with Crippen molar-refractivity contribution in [3.63, 3.8) is 0 Å². The van der Waals surface area contributed by atoms with E-state index in [1.807, 2.05) is 12.1 Å². The van der Waals surface area contributed by atoms with Crippen molar-refractivity contribution in [1.82, 2.24) is 4.72 Å². The second-order valence-electron chi connectivity index (χ2n) is 5.73. The lowest BCUT2D eigenvalue weighted by molar-refractivity contribution is 0.414. The molecule has 2 aromatic rings. The molecule has 2 aromatic carbocycles. The van der Waals surface area contributed by atoms with Gasteiger partial charge < -0.3 is 9.47 Å². The largest absolute Gasteiger partial charge is 0.497 e. The predicted octanol–water partition coefficient (Wildman–Crippen LogP) is 3.40. The quantitative estimate of drug-likeness (QED) is 0.657. The molecular weight excluding hydrogens is 338 g/mol. The smallest absolute Gasteiger partial charge is 0.240 e. The SMILES string of the molecule is COc1ccc(CCCCCNS(=O)(=O)c2ccc(OC)cc2)cc1. The first-order valence-corrected chi connectivity index (χ1v) is 9.80. The van der Waals surface area contributed by atoms with E-state index in [0.29, 0.717) is 12.3 Å². The van der Waals surface area contributed by atoms with E-state index in [2.05, 4.69) is 16.9 Å². The van der Waals surface area contributed by atoms with Crippen LogP contribution in [0.2, 0.25) is 0 Å². The van der Waals surface area contributed by atoms with E-state index in [4.69, 9.17) is 9.47 Å². The van der Waals surface area contributed by atoms with Gasteiger partial charge in [0.2, 0.25) is 10.0 Å². The van der Waals surface area contributed by atoms with E-state index in [0.717, 1.165) is 31.4 Å². The number of aryl methyl sites for hydroxylation is 1. The second-order valence-corrected chi connectivity index (χ2v) is 7.50. The molecule has 2 rings (SSSR count). The van der Waals surface area contributed by atoms with Crippen LogP contribution >= 0.6 is 0 Å². The molecule has 0 atom stereocenters. The van der Waals surface area contributed by atoms with Gasteiger partial charge in [0.25, 0.3) is 0 Å². The number of hydrogen-bond acceptors (Lipinski definition) is 4. The first kappa shape index (κ1) is 19.3. The fraction of sp³-hybridized carbons (Fsp3) is 0.368. The number of unbranched alkanes of at least 4 members (excludes halogenated alkanes) is 2. The normalized spacial score (nSPS) is 11.3. The minimum Gasteiger partial charge on any atom is -0.497 e. The number of ether oxygens (including phenoxy) is 2. The Kier molecular flexibility index (Phi) is 7.28. The van der Waals surface area contributed by atoms with Crippen LogP contribution in [0.4, 0.5) is 0 Å². The molecule has 0 aliphatic heterocycles. The molecule has 0 saturated heterocycles. The number of sulfonamides is 1. The highest BCUT2D eigenvalue weighted by Gasteiger charge is 2.12. The van der Waals surface area contributed by atoms with Crippen molar-refractivity contribution in [3.05, 3.63) is 54.1 Å². The third-order valence-corrected chi connectivity index (χ3v) is 5.44. The van der Waals surface area contributed by atoms with Crippen molar-refractivity contribution < 1.29 is 17.9 Å². The zero-order chi connectivity index (χ0) is 18.1. The number of nitrogens with one attached hydrogen (secondary N) is 1. The summed E-state index contributed by atoms with van der Waals surface area (Å²) in [5.74, 6) is 1.49. The molecule has 136 valence electrons. The third-order valence-electron chi connectivity index (χ3n) is 3.96. The Morgan fingerprint density at radius 3 is 1.92 bits per heavy atom. The highest BCUT2D eigenvalue weighted by Crippen LogP contribution is 2.16. The van der Waals surface area contributed by atoms with Crippen LogP contribution < -0.4 is 14.2 Å². The van der Waals surface area contributed by atoms with Gasteiger partial charge in [0.1, 0.15) is 11.5 Å². The van der Waals surface area contributed by atoms with Crippen LogP contribution in [-0.4, -0.2) is 29.2 Å². The summed E-state index contributed by atoms with van der Waals surface area (Å²) in [5, 5.41) is 0. The fourth-order valence-corrected chi connectivity index (χ4v) is 3.54. The Labute approximate surface area is 150 Å². The zero-order valence-electron chi connectivity index (χ0n) is 14.7. The van der Waals surface area contributed by atoms with Crippen LogP contribution in [0.5, 0.6) is 11.5 Å². The van der Waals surface area contributed by atoms with Gasteiger partial charge in [-0.3, -0.25) is 0 Å². The van der Waals surface area contributed by atoms with Crippen molar-refractivity contribution >= 4 is 10.0 Å². The van der Waals surface area contributed by atoms with Crippen molar-refractivity contribution in [2.24, 2.45) is 0 Å². The maximum absolute atomic E-state index is 12.2. The highest BCUT2D eigenvalue weighted by atomic mass is 32.2. The van der Waals surface area contributed by atoms with Crippen LogP contribution in [-0.2, 0) is 16.4 Å². The van der Waals surface area contributed by atoms with Crippen LogP contribution in [0.15, 0.2) is 53.4 Å². The molecule has 0 fully saturated rings. The molecular formula is C19H25NO4S. The van der Waals surface area contributed by atoms with Crippen molar-refractivity contribution in [3.8, 4) is 11.5 Å². The van der Waals surface area contributed by atoms with Crippen LogP contribution in [0, 0.1) is 0 Å². The Balaban J connectivity index is 1.69. The lowest BCUT2D eigenvalue weighted by Crippen LogP contribution is -2.24. The van der Waals surface area contributed by atoms with E-state index in [9.17, 15) is 8.42 Å². The summed E-state index contributed by atoms with van der Waals surface area (Å²) in [6, 6.07) is 14.4. The minimum atomic E-state index is -3.45. The minimum absolute atomic E-state index is 0.256. The average molecular weight is 363 g/mol. The first-order chi connectivity index (χ1) is 12.0. The monoisotopic (exact) mass is 363 g/mol. The molecule has 0 unspecified atom stereocenters. The summed E-state index contributed by atoms with van der Waals surface area (Å²) in [6.07, 6.45) is 3.79. The van der Waals surface area contributed by atoms with E-state index >= 15 is 0 Å². The number of benzene rings is 2. The molecule has 1 N–H and O–H groups in total. The standard InChI is InChI=1S/C19H25NO4S/c1-23-17-9-7-16(8-10-17)6-4-3-5-15-20-25(21,22)19-13-11-18(24-2)12-14-19/h7-14,20H,3-6,15H2,1-2H3. The molecule has 0 aromatic heterocycles. The van der Waals surface area contributed by atoms with Gasteiger partial charge in [0, 0.05) is 6.54 Å². The van der Waals surface area contributed by atoms with Gasteiger partial charge in [0.15, 0.2) is 0 Å². The molecule has 6 heteroatoms. The summed E-state index contributed by atoms with van der Waals surface area (Å²) in [7, 11) is -0.248. The Morgan fingerprint density at radius 1 is 0.800 bits per heavy atom. The van der Waals surface area contributed by atoms with Crippen molar-refractivity contribution in [2.75, 3.05) is 20.8 Å². The number of rotatable bonds is 10. The lowest BCUT2D eigenvalue weighted by Gasteiger charge is -2.08. The molecule has 0 radical (unpaired) electrons. The fourth-order valence-electron chi connectivity index (χ4n) is 2.47. The molecule has 0 bridgehead atoms. The molecule has 0 aliphatic carbocycles. The van der Waals surface area contributed by atoms with Crippen molar-refractivity contribution in [1.29, 1.82) is 0 Å². The Morgan fingerprint density at radius 2 is 1.36 bits per heavy atom. The molecule has 25 heavy (non-hydrogen) atoms. The van der Waals surface area contributed by atoms with Gasteiger partial charge in [-0.2, -0.15) is 0 Å². The van der Waals surface area contributed by atoms with Crippen molar-refractivity contribution in [2.45, 2.75) is 30.6 Å². The molecule has 5 nitrogen and oxygen atoms in total. The summed E-state index contributed by atoms with van der Waals surface area (Å²) < 4.78 is 37.2. The highest BCUT2D eigenvalue weighted by molar-refractivity contribution is 7.89. The van der Waals surface area contributed by atoms with Gasteiger partial charge in [0.05, 0.1) is 19.1 Å². The topological polar surface area (TPSA) is 64.6 Å². The van der Waals surface area contributed by atoms with Gasteiger partial charge >= 0.3 is 0 Å². The number of methoxy groups -OCH3 is 2. The zero-order valence-corrected chi connectivity index (χ0v) is 15.5. The van der Waals surface area contributed by atoms with E-state index in [-0.39, 0.29) is 4.90 Å². The molecule has 0 saturated carbocycles. The molecule has 0 aliphatic rings. The summed E-state index contributed by atoms with van der Waals surface area (Å²) in [4.78, 5) is 0.256. The van der Waals surface area contributed by atoms with Gasteiger partial charge in [-0.25, -0.2) is 13.1 Å². The maximum atomic E-state index is 12.2. The Hall–Kier alpha value is -2.05. The Bertz CT molecular complexity index is 740. The van der Waals surface area contributed by atoms with Gasteiger partial charge in [-0.05, 0) is 61.2 Å². The summed E-state index contributed by atoms with van der Waals surface area (Å²) in [6.45, 7) is 0.441. The van der Waals surface area contributed by atoms with Gasteiger partial charge in [-0.15, -0.1) is 0 Å². The van der Waals surface area contributed by atoms with Crippen LogP contribution in [0.3, 0.4) is 0 Å². The predicted molar refractivity (Wildman–Crippen MR) is 98.7 cm³/mol. The third kappa shape index (κ3) is 6.07.